The van der Waals surface area contributed by atoms with Crippen LogP contribution in [0, 0.1) is 0 Å². The number of aliphatic hydroxyl groups is 1. The molecule has 0 radical (unpaired) electrons. The van der Waals surface area contributed by atoms with Gasteiger partial charge in [-0.3, -0.25) is 0 Å². The molecule has 3 aromatic carbocycles. The summed E-state index contributed by atoms with van der Waals surface area (Å²) in [5.41, 5.74) is 2.77. The number of rotatable bonds is 2. The summed E-state index contributed by atoms with van der Waals surface area (Å²) in [6.45, 7) is 0. The van der Waals surface area contributed by atoms with Crippen LogP contribution in [-0.2, 0) is 5.60 Å². The molecule has 1 N–H and O–H groups in total. The Hall–Kier alpha value is -2.12. The van der Waals surface area contributed by atoms with Crippen LogP contribution in [0.5, 0.6) is 0 Å². The third-order valence-electron chi connectivity index (χ3n) is 5.15. The molecule has 1 aliphatic carbocycles. The molecule has 116 valence electrons. The average Bonchev–Trinajstić information content (AvgIpc) is 2.62. The molecule has 1 heteroatoms. The second kappa shape index (κ2) is 5.82. The van der Waals surface area contributed by atoms with Crippen LogP contribution in [0.25, 0.3) is 21.9 Å². The zero-order valence-corrected chi connectivity index (χ0v) is 13.3. The van der Waals surface area contributed by atoms with Crippen LogP contribution >= 0.6 is 0 Å². The Kier molecular flexibility index (Phi) is 3.66. The molecule has 1 nitrogen and oxygen atoms in total. The maximum Gasteiger partial charge on any atom is 0.0902 e. The fraction of sp³-hybridized carbons (Fsp3) is 0.273. The standard InChI is InChI=1S/C22H22O/c23-22(13-7-2-8-14-22)21-16-19-12-6-5-11-18(19)15-20(21)17-9-3-1-4-10-17/h1,3-6,9-12,15-16,23H,2,7-8,13-14H2. The van der Waals surface area contributed by atoms with Crippen molar-refractivity contribution in [3.05, 3.63) is 72.3 Å². The lowest BCUT2D eigenvalue weighted by atomic mass is 9.76. The van der Waals surface area contributed by atoms with Crippen molar-refractivity contribution in [2.45, 2.75) is 37.7 Å². The molecule has 0 aliphatic heterocycles. The second-order valence-electron chi connectivity index (χ2n) is 6.70. The minimum absolute atomic E-state index is 0.687. The van der Waals surface area contributed by atoms with Gasteiger partial charge >= 0.3 is 0 Å². The van der Waals surface area contributed by atoms with Gasteiger partial charge in [-0.05, 0) is 52.4 Å². The Morgan fingerprint density at radius 1 is 0.696 bits per heavy atom. The van der Waals surface area contributed by atoms with Gasteiger partial charge in [-0.1, -0.05) is 73.9 Å². The smallest absolute Gasteiger partial charge is 0.0902 e. The lowest BCUT2D eigenvalue weighted by Crippen LogP contribution is -2.29. The van der Waals surface area contributed by atoms with Gasteiger partial charge in [-0.25, -0.2) is 0 Å². The molecule has 0 amide bonds. The molecule has 1 saturated carbocycles. The predicted octanol–water partition coefficient (Wildman–Crippen LogP) is 5.66. The van der Waals surface area contributed by atoms with Gasteiger partial charge < -0.3 is 5.11 Å². The molecule has 0 spiro atoms. The minimum atomic E-state index is -0.687. The van der Waals surface area contributed by atoms with Crippen molar-refractivity contribution in [1.82, 2.24) is 0 Å². The maximum atomic E-state index is 11.3. The zero-order valence-electron chi connectivity index (χ0n) is 13.3. The normalized spacial score (nSPS) is 17.3. The highest BCUT2D eigenvalue weighted by Gasteiger charge is 2.33. The molecule has 4 rings (SSSR count). The van der Waals surface area contributed by atoms with E-state index in [-0.39, 0.29) is 0 Å². The van der Waals surface area contributed by atoms with E-state index in [1.165, 1.54) is 28.3 Å². The molecule has 0 heterocycles. The SMILES string of the molecule is OC1(c2cc3ccccc3cc2-c2ccccc2)CCCCC1. The van der Waals surface area contributed by atoms with E-state index in [0.29, 0.717) is 0 Å². The molecule has 23 heavy (non-hydrogen) atoms. The van der Waals surface area contributed by atoms with Gasteiger partial charge in [-0.2, -0.15) is 0 Å². The van der Waals surface area contributed by atoms with E-state index in [1.807, 2.05) is 6.07 Å². The van der Waals surface area contributed by atoms with Crippen molar-refractivity contribution in [2.75, 3.05) is 0 Å². The summed E-state index contributed by atoms with van der Waals surface area (Å²) in [7, 11) is 0. The fourth-order valence-electron chi connectivity index (χ4n) is 3.89. The van der Waals surface area contributed by atoms with Crippen molar-refractivity contribution in [2.24, 2.45) is 0 Å². The zero-order chi connectivity index (χ0) is 15.7. The van der Waals surface area contributed by atoms with Gasteiger partial charge in [0, 0.05) is 0 Å². The largest absolute Gasteiger partial charge is 0.385 e. The first-order valence-corrected chi connectivity index (χ1v) is 8.57. The number of benzene rings is 3. The van der Waals surface area contributed by atoms with E-state index in [4.69, 9.17) is 0 Å². The highest BCUT2D eigenvalue weighted by atomic mass is 16.3. The van der Waals surface area contributed by atoms with Gasteiger partial charge in [-0.15, -0.1) is 0 Å². The van der Waals surface area contributed by atoms with Crippen molar-refractivity contribution in [1.29, 1.82) is 0 Å². The molecule has 0 unspecified atom stereocenters. The Bertz CT molecular complexity index is 814. The molecule has 1 aliphatic rings. The highest BCUT2D eigenvalue weighted by molar-refractivity contribution is 5.89. The van der Waals surface area contributed by atoms with Crippen LogP contribution in [-0.4, -0.2) is 5.11 Å². The van der Waals surface area contributed by atoms with Crippen molar-refractivity contribution in [3.8, 4) is 11.1 Å². The summed E-state index contributed by atoms with van der Waals surface area (Å²) in [5.74, 6) is 0. The lowest BCUT2D eigenvalue weighted by molar-refractivity contribution is 0.0000188. The third-order valence-corrected chi connectivity index (χ3v) is 5.15. The predicted molar refractivity (Wildman–Crippen MR) is 96.4 cm³/mol. The summed E-state index contributed by atoms with van der Waals surface area (Å²) in [4.78, 5) is 0. The van der Waals surface area contributed by atoms with E-state index in [2.05, 4.69) is 60.7 Å². The summed E-state index contributed by atoms with van der Waals surface area (Å²) in [6.07, 6.45) is 5.18. The van der Waals surface area contributed by atoms with Gasteiger partial charge in [0.1, 0.15) is 0 Å². The molecule has 0 atom stereocenters. The van der Waals surface area contributed by atoms with Gasteiger partial charge in [0.25, 0.3) is 0 Å². The van der Waals surface area contributed by atoms with Crippen LogP contribution in [0.4, 0.5) is 0 Å². The van der Waals surface area contributed by atoms with Crippen LogP contribution < -0.4 is 0 Å². The van der Waals surface area contributed by atoms with E-state index < -0.39 is 5.60 Å². The first-order chi connectivity index (χ1) is 11.3. The van der Waals surface area contributed by atoms with Crippen LogP contribution in [0.15, 0.2) is 66.7 Å². The third kappa shape index (κ3) is 2.66. The maximum absolute atomic E-state index is 11.3. The lowest BCUT2D eigenvalue weighted by Gasteiger charge is -2.34. The topological polar surface area (TPSA) is 20.2 Å². The van der Waals surface area contributed by atoms with Gasteiger partial charge in [0.05, 0.1) is 5.60 Å². The Morgan fingerprint density at radius 2 is 1.30 bits per heavy atom. The van der Waals surface area contributed by atoms with E-state index in [1.54, 1.807) is 0 Å². The van der Waals surface area contributed by atoms with Crippen molar-refractivity contribution in [3.63, 3.8) is 0 Å². The molecular formula is C22H22O. The molecular weight excluding hydrogens is 280 g/mol. The number of hydrogen-bond acceptors (Lipinski definition) is 1. The van der Waals surface area contributed by atoms with Crippen molar-refractivity contribution >= 4 is 10.8 Å². The van der Waals surface area contributed by atoms with Crippen LogP contribution in [0.2, 0.25) is 0 Å². The quantitative estimate of drug-likeness (QED) is 0.647. The highest BCUT2D eigenvalue weighted by Crippen LogP contribution is 2.43. The average molecular weight is 302 g/mol. The Morgan fingerprint density at radius 3 is 2.00 bits per heavy atom. The van der Waals surface area contributed by atoms with Crippen LogP contribution in [0.1, 0.15) is 37.7 Å². The van der Waals surface area contributed by atoms with Gasteiger partial charge in [0.15, 0.2) is 0 Å². The Labute approximate surface area is 137 Å². The molecule has 3 aromatic rings. The fourth-order valence-corrected chi connectivity index (χ4v) is 3.89. The summed E-state index contributed by atoms with van der Waals surface area (Å²) >= 11 is 0. The number of hydrogen-bond donors (Lipinski definition) is 1. The molecule has 0 aromatic heterocycles. The van der Waals surface area contributed by atoms with E-state index >= 15 is 0 Å². The monoisotopic (exact) mass is 302 g/mol. The first kappa shape index (κ1) is 14.5. The number of fused-ring (bicyclic) bond motifs is 1. The van der Waals surface area contributed by atoms with Gasteiger partial charge in [0.2, 0.25) is 0 Å². The Balaban J connectivity index is 1.96. The minimum Gasteiger partial charge on any atom is -0.385 e. The summed E-state index contributed by atoms with van der Waals surface area (Å²) < 4.78 is 0. The molecule has 0 bridgehead atoms. The molecule has 1 fully saturated rings. The molecule has 0 saturated heterocycles. The van der Waals surface area contributed by atoms with Crippen molar-refractivity contribution < 1.29 is 5.11 Å². The first-order valence-electron chi connectivity index (χ1n) is 8.57. The summed E-state index contributed by atoms with van der Waals surface area (Å²) in [6, 6.07) is 23.3. The van der Waals surface area contributed by atoms with E-state index in [9.17, 15) is 5.11 Å². The summed E-state index contributed by atoms with van der Waals surface area (Å²) in [5, 5.41) is 13.8. The second-order valence-corrected chi connectivity index (χ2v) is 6.70. The van der Waals surface area contributed by atoms with E-state index in [0.717, 1.165) is 31.2 Å². The van der Waals surface area contributed by atoms with Crippen LogP contribution in [0.3, 0.4) is 0 Å².